The van der Waals surface area contributed by atoms with Crippen LogP contribution in [0, 0.1) is 0 Å². The molecule has 4 nitrogen and oxygen atoms in total. The second-order valence-corrected chi connectivity index (χ2v) is 8.97. The second-order valence-electron chi connectivity index (χ2n) is 8.19. The standard InChI is InChI=1S/C25H24Cl2N2O2/c1-25(2,31)22-14-29(24(28-22)20-7-4-8-21(26)23(20)27)19-11-9-17(10-12-19)18-6-3-5-16(13-18)15-30/h4,6-14,30-31H,3,5,15H2,1-2H3. The number of imidazole rings is 1. The predicted octanol–water partition coefficient (Wildman–Crippen LogP) is 6.17. The van der Waals surface area contributed by atoms with Crippen molar-refractivity contribution in [1.29, 1.82) is 0 Å². The number of benzene rings is 2. The third kappa shape index (κ3) is 4.48. The number of allylic oxidation sites excluding steroid dienone is 3. The molecule has 31 heavy (non-hydrogen) atoms. The first-order valence-corrected chi connectivity index (χ1v) is 10.9. The molecular weight excluding hydrogens is 431 g/mol. The number of aliphatic hydroxyl groups is 2. The second kappa shape index (κ2) is 8.64. The number of hydrogen-bond acceptors (Lipinski definition) is 3. The van der Waals surface area contributed by atoms with Gasteiger partial charge in [-0.2, -0.15) is 0 Å². The molecule has 0 fully saturated rings. The lowest BCUT2D eigenvalue weighted by atomic mass is 9.95. The summed E-state index contributed by atoms with van der Waals surface area (Å²) in [4.78, 5) is 4.68. The molecule has 2 N–H and O–H groups in total. The van der Waals surface area contributed by atoms with Crippen LogP contribution in [0.3, 0.4) is 0 Å². The van der Waals surface area contributed by atoms with Crippen LogP contribution in [0.25, 0.3) is 22.6 Å². The molecule has 1 heterocycles. The van der Waals surface area contributed by atoms with Crippen LogP contribution in [0.1, 0.15) is 37.9 Å². The molecule has 0 saturated carbocycles. The summed E-state index contributed by atoms with van der Waals surface area (Å²) >= 11 is 12.7. The maximum absolute atomic E-state index is 10.5. The van der Waals surface area contributed by atoms with Crippen LogP contribution in [-0.4, -0.2) is 26.4 Å². The normalized spacial score (nSPS) is 14.4. The molecule has 0 spiro atoms. The van der Waals surface area contributed by atoms with Gasteiger partial charge in [-0.3, -0.25) is 4.57 Å². The highest BCUT2D eigenvalue weighted by Gasteiger charge is 2.24. The highest BCUT2D eigenvalue weighted by molar-refractivity contribution is 6.43. The molecule has 160 valence electrons. The average Bonchev–Trinajstić information content (AvgIpc) is 3.22. The van der Waals surface area contributed by atoms with Gasteiger partial charge in [0.15, 0.2) is 0 Å². The van der Waals surface area contributed by atoms with Gasteiger partial charge in [-0.25, -0.2) is 4.98 Å². The van der Waals surface area contributed by atoms with E-state index in [0.29, 0.717) is 27.1 Å². The van der Waals surface area contributed by atoms with E-state index < -0.39 is 5.60 Å². The van der Waals surface area contributed by atoms with Crippen LogP contribution in [0.15, 0.2) is 66.4 Å². The van der Waals surface area contributed by atoms with Crippen LogP contribution in [0.2, 0.25) is 10.0 Å². The lowest BCUT2D eigenvalue weighted by Crippen LogP contribution is -2.15. The van der Waals surface area contributed by atoms with Gasteiger partial charge < -0.3 is 10.2 Å². The summed E-state index contributed by atoms with van der Waals surface area (Å²) in [5.74, 6) is 0.608. The Morgan fingerprint density at radius 3 is 2.52 bits per heavy atom. The zero-order valence-corrected chi connectivity index (χ0v) is 19.0. The largest absolute Gasteiger partial charge is 0.392 e. The van der Waals surface area contributed by atoms with E-state index in [1.165, 1.54) is 0 Å². The highest BCUT2D eigenvalue weighted by atomic mass is 35.5. The zero-order chi connectivity index (χ0) is 22.2. The van der Waals surface area contributed by atoms with Gasteiger partial charge in [-0.15, -0.1) is 0 Å². The van der Waals surface area contributed by atoms with Crippen molar-refractivity contribution in [2.45, 2.75) is 32.3 Å². The molecule has 2 aromatic carbocycles. The summed E-state index contributed by atoms with van der Waals surface area (Å²) in [6.45, 7) is 3.49. The number of aliphatic hydroxyl groups excluding tert-OH is 1. The molecule has 6 heteroatoms. The van der Waals surface area contributed by atoms with Gasteiger partial charge in [0.25, 0.3) is 0 Å². The van der Waals surface area contributed by atoms with Crippen molar-refractivity contribution in [3.8, 4) is 17.1 Å². The molecule has 1 aliphatic rings. The van der Waals surface area contributed by atoms with Crippen molar-refractivity contribution in [1.82, 2.24) is 9.55 Å². The zero-order valence-electron chi connectivity index (χ0n) is 17.4. The van der Waals surface area contributed by atoms with E-state index in [4.69, 9.17) is 23.2 Å². The van der Waals surface area contributed by atoms with Crippen LogP contribution >= 0.6 is 23.2 Å². The Morgan fingerprint density at radius 1 is 1.10 bits per heavy atom. The molecule has 0 amide bonds. The minimum atomic E-state index is -1.11. The molecule has 4 rings (SSSR count). The van der Waals surface area contributed by atoms with E-state index in [2.05, 4.69) is 17.1 Å². The first kappa shape index (κ1) is 21.8. The fourth-order valence-electron chi connectivity index (χ4n) is 3.64. The first-order chi connectivity index (χ1) is 14.8. The Kier molecular flexibility index (Phi) is 6.09. The summed E-state index contributed by atoms with van der Waals surface area (Å²) < 4.78 is 1.92. The van der Waals surface area contributed by atoms with Crippen LogP contribution < -0.4 is 0 Å². The number of hydrogen-bond donors (Lipinski definition) is 2. The maximum Gasteiger partial charge on any atom is 0.146 e. The van der Waals surface area contributed by atoms with Crippen LogP contribution in [0.5, 0.6) is 0 Å². The molecular formula is C25H24Cl2N2O2. The summed E-state index contributed by atoms with van der Waals surface area (Å²) in [5.41, 5.74) is 4.25. The van der Waals surface area contributed by atoms with Crippen molar-refractivity contribution >= 4 is 28.8 Å². The lowest BCUT2D eigenvalue weighted by molar-refractivity contribution is 0.0743. The van der Waals surface area contributed by atoms with Crippen molar-refractivity contribution < 1.29 is 10.2 Å². The Hall–Kier alpha value is -2.37. The maximum atomic E-state index is 10.5. The van der Waals surface area contributed by atoms with Gasteiger partial charge in [0.1, 0.15) is 11.4 Å². The Labute approximate surface area is 192 Å². The van der Waals surface area contributed by atoms with Crippen molar-refractivity contribution in [2.75, 3.05) is 6.61 Å². The van der Waals surface area contributed by atoms with Gasteiger partial charge in [0.2, 0.25) is 0 Å². The van der Waals surface area contributed by atoms with E-state index in [1.54, 1.807) is 19.9 Å². The SMILES string of the molecule is CC(C)(O)c1cn(-c2ccc(C3=CCCC(CO)=C3)cc2)c(-c2cccc(Cl)c2Cl)n1. The van der Waals surface area contributed by atoms with Gasteiger partial charge in [0, 0.05) is 17.4 Å². The smallest absolute Gasteiger partial charge is 0.146 e. The quantitative estimate of drug-likeness (QED) is 0.484. The predicted molar refractivity (Wildman–Crippen MR) is 127 cm³/mol. The lowest BCUT2D eigenvalue weighted by Gasteiger charge is -2.14. The number of aromatic nitrogens is 2. The summed E-state index contributed by atoms with van der Waals surface area (Å²) in [7, 11) is 0. The Morgan fingerprint density at radius 2 is 1.84 bits per heavy atom. The minimum Gasteiger partial charge on any atom is -0.392 e. The average molecular weight is 455 g/mol. The number of nitrogens with zero attached hydrogens (tertiary/aromatic N) is 2. The van der Waals surface area contributed by atoms with Crippen LogP contribution in [-0.2, 0) is 5.60 Å². The van der Waals surface area contributed by atoms with Crippen molar-refractivity contribution in [3.63, 3.8) is 0 Å². The molecule has 0 radical (unpaired) electrons. The van der Waals surface area contributed by atoms with E-state index in [-0.39, 0.29) is 6.61 Å². The third-order valence-electron chi connectivity index (χ3n) is 5.40. The first-order valence-electron chi connectivity index (χ1n) is 10.2. The minimum absolute atomic E-state index is 0.0912. The van der Waals surface area contributed by atoms with Gasteiger partial charge >= 0.3 is 0 Å². The summed E-state index contributed by atoms with van der Waals surface area (Å²) in [6.07, 6.45) is 7.90. The van der Waals surface area contributed by atoms with Gasteiger partial charge in [-0.05, 0) is 67.7 Å². The van der Waals surface area contributed by atoms with Crippen molar-refractivity contribution in [3.05, 3.63) is 87.7 Å². The van der Waals surface area contributed by atoms with E-state index in [9.17, 15) is 10.2 Å². The van der Waals surface area contributed by atoms with Gasteiger partial charge in [-0.1, -0.05) is 53.6 Å². The van der Waals surface area contributed by atoms with Gasteiger partial charge in [0.05, 0.1) is 22.3 Å². The number of rotatable bonds is 5. The molecule has 3 aromatic rings. The van der Waals surface area contributed by atoms with Crippen LogP contribution in [0.4, 0.5) is 0 Å². The summed E-state index contributed by atoms with van der Waals surface area (Å²) in [5, 5.41) is 20.9. The molecule has 0 aliphatic heterocycles. The topological polar surface area (TPSA) is 58.3 Å². The number of halogens is 2. The highest BCUT2D eigenvalue weighted by Crippen LogP contribution is 2.36. The molecule has 1 aromatic heterocycles. The van der Waals surface area contributed by atoms with E-state index in [0.717, 1.165) is 35.2 Å². The molecule has 0 unspecified atom stereocenters. The molecule has 0 atom stereocenters. The molecule has 1 aliphatic carbocycles. The van der Waals surface area contributed by atoms with E-state index >= 15 is 0 Å². The molecule has 0 saturated heterocycles. The fraction of sp³-hybridized carbons (Fsp3) is 0.240. The third-order valence-corrected chi connectivity index (χ3v) is 6.22. The van der Waals surface area contributed by atoms with E-state index in [1.807, 2.05) is 47.2 Å². The summed E-state index contributed by atoms with van der Waals surface area (Å²) in [6, 6.07) is 13.5. The Balaban J connectivity index is 1.79. The Bertz CT molecular complexity index is 1170. The monoisotopic (exact) mass is 454 g/mol. The molecule has 0 bridgehead atoms. The fourth-order valence-corrected chi connectivity index (χ4v) is 4.03. The van der Waals surface area contributed by atoms with Crippen molar-refractivity contribution in [2.24, 2.45) is 0 Å².